The largest absolute Gasteiger partial charge is 0.493 e. The number of nitrogens with one attached hydrogen (secondary N) is 3. The molecule has 1 unspecified atom stereocenters. The van der Waals surface area contributed by atoms with Gasteiger partial charge in [0.25, 0.3) is 0 Å². The van der Waals surface area contributed by atoms with E-state index in [1.165, 1.54) is 18.3 Å². The Balaban J connectivity index is 1.25. The Bertz CT molecular complexity index is 1800. The topological polar surface area (TPSA) is 141 Å². The van der Waals surface area contributed by atoms with Crippen LogP contribution >= 0.6 is 11.3 Å². The second-order valence-corrected chi connectivity index (χ2v) is 12.0. The summed E-state index contributed by atoms with van der Waals surface area (Å²) in [7, 11) is 4.71. The van der Waals surface area contributed by atoms with Crippen LogP contribution in [0.25, 0.3) is 22.5 Å². The highest BCUT2D eigenvalue weighted by Crippen LogP contribution is 2.50. The van der Waals surface area contributed by atoms with Gasteiger partial charge in [0, 0.05) is 37.0 Å². The van der Waals surface area contributed by atoms with Crippen LogP contribution in [0.15, 0.2) is 58.8 Å². The molecular formula is C35H39N5O6S. The standard InChI is InChI=1S/C35H39N5O6S/c1-21(41)38-25-14-12-22-18-30(44-2)33(45-3)34(46-4)32(22)23-13-15-27(29(42)19-24(23)25)37-16-8-5-6-11-31(43)40-35-39-28(20-47-35)26-10-7-9-17-36-26/h7,9-10,13,15,17-20,25H,5-6,8,11-12,14,16H2,1-4H3,(H,37,42)(H,38,41)(H,39,40,43). The number of benzene rings is 1. The van der Waals surface area contributed by atoms with Gasteiger partial charge in [-0.25, -0.2) is 4.98 Å². The number of hydrogen-bond acceptors (Lipinski definition) is 10. The highest BCUT2D eigenvalue weighted by atomic mass is 32.1. The number of aromatic nitrogens is 2. The molecule has 1 aliphatic rings. The fraction of sp³-hybridized carbons (Fsp3) is 0.343. The zero-order chi connectivity index (χ0) is 33.3. The molecule has 0 bridgehead atoms. The number of nitrogens with zero attached hydrogens (tertiary/aromatic N) is 2. The lowest BCUT2D eigenvalue weighted by atomic mass is 9.95. The van der Waals surface area contributed by atoms with Crippen LogP contribution in [0.1, 0.15) is 56.2 Å². The molecule has 5 rings (SSSR count). The van der Waals surface area contributed by atoms with E-state index in [1.54, 1.807) is 39.7 Å². The van der Waals surface area contributed by atoms with Crippen LogP contribution in [0, 0.1) is 0 Å². The maximum atomic E-state index is 13.5. The maximum Gasteiger partial charge on any atom is 0.226 e. The summed E-state index contributed by atoms with van der Waals surface area (Å²) in [6.45, 7) is 2.03. The Morgan fingerprint density at radius 1 is 0.979 bits per heavy atom. The molecule has 0 aliphatic heterocycles. The number of aryl methyl sites for hydroxylation is 1. The van der Waals surface area contributed by atoms with Gasteiger partial charge in [0.05, 0.1) is 38.8 Å². The molecule has 0 saturated carbocycles. The number of pyridine rings is 1. The highest BCUT2D eigenvalue weighted by Gasteiger charge is 2.29. The highest BCUT2D eigenvalue weighted by molar-refractivity contribution is 7.14. The van der Waals surface area contributed by atoms with E-state index < -0.39 is 0 Å². The van der Waals surface area contributed by atoms with Gasteiger partial charge in [-0.05, 0) is 72.7 Å². The Hall–Kier alpha value is -4.97. The molecule has 1 atom stereocenters. The molecule has 2 aromatic carbocycles. The maximum absolute atomic E-state index is 13.5. The summed E-state index contributed by atoms with van der Waals surface area (Å²) in [5.41, 5.74) is 5.02. The number of thiazole rings is 1. The van der Waals surface area contributed by atoms with Crippen LogP contribution in [-0.2, 0) is 16.0 Å². The lowest BCUT2D eigenvalue weighted by Crippen LogP contribution is -2.26. The summed E-state index contributed by atoms with van der Waals surface area (Å²) in [5, 5.41) is 11.6. The smallest absolute Gasteiger partial charge is 0.226 e. The van der Waals surface area contributed by atoms with Crippen LogP contribution in [0.3, 0.4) is 0 Å². The van der Waals surface area contributed by atoms with Gasteiger partial charge in [0.2, 0.25) is 23.0 Å². The van der Waals surface area contributed by atoms with Crippen molar-refractivity contribution in [3.63, 3.8) is 0 Å². The number of amides is 2. The van der Waals surface area contributed by atoms with Crippen molar-refractivity contribution in [1.29, 1.82) is 0 Å². The first kappa shape index (κ1) is 33.4. The molecule has 47 heavy (non-hydrogen) atoms. The van der Waals surface area contributed by atoms with E-state index in [9.17, 15) is 14.4 Å². The first-order valence-electron chi connectivity index (χ1n) is 15.5. The fourth-order valence-electron chi connectivity index (χ4n) is 5.81. The zero-order valence-corrected chi connectivity index (χ0v) is 27.8. The van der Waals surface area contributed by atoms with Crippen molar-refractivity contribution in [2.24, 2.45) is 0 Å². The van der Waals surface area contributed by atoms with Gasteiger partial charge in [-0.3, -0.25) is 19.4 Å². The van der Waals surface area contributed by atoms with Gasteiger partial charge in [-0.1, -0.05) is 18.6 Å². The first-order chi connectivity index (χ1) is 22.8. The zero-order valence-electron chi connectivity index (χ0n) is 27.0. The van der Waals surface area contributed by atoms with Gasteiger partial charge in [-0.15, -0.1) is 11.3 Å². The Morgan fingerprint density at radius 3 is 2.53 bits per heavy atom. The van der Waals surface area contributed by atoms with E-state index >= 15 is 0 Å². The number of fused-ring (bicyclic) bond motifs is 3. The predicted octanol–water partition coefficient (Wildman–Crippen LogP) is 5.99. The van der Waals surface area contributed by atoms with E-state index in [0.717, 1.165) is 40.9 Å². The van der Waals surface area contributed by atoms with Gasteiger partial charge >= 0.3 is 0 Å². The lowest BCUT2D eigenvalue weighted by Gasteiger charge is -2.19. The molecule has 0 fully saturated rings. The summed E-state index contributed by atoms with van der Waals surface area (Å²) in [4.78, 5) is 46.9. The van der Waals surface area contributed by atoms with Crippen LogP contribution < -0.4 is 35.6 Å². The number of hydrogen-bond donors (Lipinski definition) is 3. The number of anilines is 2. The van der Waals surface area contributed by atoms with Gasteiger partial charge in [0.15, 0.2) is 16.6 Å². The number of rotatable bonds is 13. The van der Waals surface area contributed by atoms with E-state index in [1.807, 2.05) is 35.7 Å². The summed E-state index contributed by atoms with van der Waals surface area (Å²) in [6.07, 6.45) is 5.58. The molecule has 1 aliphatic carbocycles. The molecule has 2 amide bonds. The van der Waals surface area contributed by atoms with Crippen LogP contribution in [0.4, 0.5) is 10.8 Å². The summed E-state index contributed by atoms with van der Waals surface area (Å²) >= 11 is 1.37. The fourth-order valence-corrected chi connectivity index (χ4v) is 6.53. The minimum Gasteiger partial charge on any atom is -0.493 e. The molecule has 3 N–H and O–H groups in total. The SMILES string of the molecule is COc1cc2c(c(OC)c1OC)-c1ccc(NCCCCCC(=O)Nc3nc(-c4ccccn4)cs3)c(=O)cc1C(NC(C)=O)CC2. The number of ether oxygens (including phenoxy) is 3. The van der Waals surface area contributed by atoms with Crippen molar-refractivity contribution in [1.82, 2.24) is 15.3 Å². The lowest BCUT2D eigenvalue weighted by molar-refractivity contribution is -0.119. The monoisotopic (exact) mass is 657 g/mol. The second-order valence-electron chi connectivity index (χ2n) is 11.1. The van der Waals surface area contributed by atoms with Crippen molar-refractivity contribution >= 4 is 34.0 Å². The van der Waals surface area contributed by atoms with Crippen LogP contribution in [-0.4, -0.2) is 49.7 Å². The summed E-state index contributed by atoms with van der Waals surface area (Å²) in [5.74, 6) is 1.25. The Morgan fingerprint density at radius 2 is 1.81 bits per heavy atom. The molecule has 246 valence electrons. The van der Waals surface area contributed by atoms with Crippen molar-refractivity contribution in [2.75, 3.05) is 38.5 Å². The van der Waals surface area contributed by atoms with Crippen molar-refractivity contribution in [2.45, 2.75) is 51.5 Å². The average Bonchev–Trinajstić information content (AvgIpc) is 3.41. The van der Waals surface area contributed by atoms with Gasteiger partial charge in [0.1, 0.15) is 5.69 Å². The first-order valence-corrected chi connectivity index (χ1v) is 16.4. The number of carbonyl (C=O) groups excluding carboxylic acids is 2. The quantitative estimate of drug-likeness (QED) is 0.148. The molecular weight excluding hydrogens is 618 g/mol. The Kier molecular flexibility index (Phi) is 11.0. The van der Waals surface area contributed by atoms with Gasteiger partial charge in [-0.2, -0.15) is 0 Å². The van der Waals surface area contributed by atoms with Crippen LogP contribution in [0.5, 0.6) is 17.2 Å². The molecule has 0 radical (unpaired) electrons. The van der Waals surface area contributed by atoms with Crippen molar-refractivity contribution in [3.05, 3.63) is 75.4 Å². The molecule has 2 aromatic heterocycles. The normalized spacial score (nSPS) is 13.4. The van der Waals surface area contributed by atoms with Crippen molar-refractivity contribution < 1.29 is 23.8 Å². The third-order valence-corrected chi connectivity index (χ3v) is 8.75. The second kappa shape index (κ2) is 15.5. The van der Waals surface area contributed by atoms with Crippen LogP contribution in [0.2, 0.25) is 0 Å². The van der Waals surface area contributed by atoms with E-state index in [-0.39, 0.29) is 23.3 Å². The number of unbranched alkanes of at least 4 members (excludes halogenated alkanes) is 2. The average molecular weight is 658 g/mol. The third-order valence-electron chi connectivity index (χ3n) is 7.99. The molecule has 0 spiro atoms. The minimum atomic E-state index is -0.373. The van der Waals surface area contributed by atoms with Gasteiger partial charge < -0.3 is 30.2 Å². The molecule has 0 saturated heterocycles. The predicted molar refractivity (Wildman–Crippen MR) is 184 cm³/mol. The molecule has 11 nitrogen and oxygen atoms in total. The molecule has 2 heterocycles. The molecule has 4 aromatic rings. The number of carbonyl (C=O) groups is 2. The molecule has 12 heteroatoms. The number of methoxy groups -OCH3 is 3. The van der Waals surface area contributed by atoms with E-state index in [4.69, 9.17) is 14.2 Å². The summed E-state index contributed by atoms with van der Waals surface area (Å²) in [6, 6.07) is 12.5. The minimum absolute atomic E-state index is 0.0861. The summed E-state index contributed by atoms with van der Waals surface area (Å²) < 4.78 is 17.1. The Labute approximate surface area is 277 Å². The third kappa shape index (κ3) is 7.89. The van der Waals surface area contributed by atoms with Crippen molar-refractivity contribution in [3.8, 4) is 39.8 Å². The van der Waals surface area contributed by atoms with E-state index in [0.29, 0.717) is 65.9 Å². The van der Waals surface area contributed by atoms with E-state index in [2.05, 4.69) is 25.9 Å².